The molecule has 0 N–H and O–H groups in total. The normalized spacial score (nSPS) is 25.5. The molecular formula is C15H16O5. The van der Waals surface area contributed by atoms with Crippen molar-refractivity contribution < 1.29 is 23.8 Å². The molecule has 0 unspecified atom stereocenters. The molecule has 0 aromatic heterocycles. The summed E-state index contributed by atoms with van der Waals surface area (Å²) >= 11 is 0. The van der Waals surface area contributed by atoms with E-state index in [1.165, 1.54) is 26.4 Å². The van der Waals surface area contributed by atoms with E-state index in [0.717, 1.165) is 0 Å². The maximum absolute atomic E-state index is 12.4. The van der Waals surface area contributed by atoms with Gasteiger partial charge in [-0.1, -0.05) is 30.3 Å². The van der Waals surface area contributed by atoms with Gasteiger partial charge in [-0.15, -0.1) is 0 Å². The molecule has 0 aliphatic carbocycles. The van der Waals surface area contributed by atoms with Crippen molar-refractivity contribution in [1.29, 1.82) is 0 Å². The van der Waals surface area contributed by atoms with E-state index in [-0.39, 0.29) is 12.2 Å². The second-order valence-electron chi connectivity index (χ2n) is 4.39. The SMILES string of the molecule is COC(=O)C[C@]1(c2ccccc2)O[C@@H](OC)C=CC1=O. The molecule has 0 bridgehead atoms. The summed E-state index contributed by atoms with van der Waals surface area (Å²) in [5, 5.41) is 0. The number of esters is 1. The van der Waals surface area contributed by atoms with Crippen LogP contribution >= 0.6 is 0 Å². The van der Waals surface area contributed by atoms with Crippen LogP contribution in [0.2, 0.25) is 0 Å². The summed E-state index contributed by atoms with van der Waals surface area (Å²) in [5.41, 5.74) is -0.800. The monoisotopic (exact) mass is 276 g/mol. The molecule has 2 atom stereocenters. The Balaban J connectivity index is 2.46. The number of benzene rings is 1. The molecule has 5 heteroatoms. The molecule has 1 aromatic rings. The van der Waals surface area contributed by atoms with Crippen LogP contribution in [0.5, 0.6) is 0 Å². The fourth-order valence-electron chi connectivity index (χ4n) is 2.15. The highest BCUT2D eigenvalue weighted by atomic mass is 16.7. The zero-order valence-electron chi connectivity index (χ0n) is 11.4. The molecule has 2 rings (SSSR count). The van der Waals surface area contributed by atoms with Crippen LogP contribution < -0.4 is 0 Å². The Labute approximate surface area is 117 Å². The van der Waals surface area contributed by atoms with Gasteiger partial charge in [0.25, 0.3) is 0 Å². The Kier molecular flexibility index (Phi) is 4.32. The molecular weight excluding hydrogens is 260 g/mol. The van der Waals surface area contributed by atoms with Crippen molar-refractivity contribution in [2.45, 2.75) is 18.3 Å². The number of rotatable bonds is 4. The molecule has 1 aliphatic heterocycles. The molecule has 0 saturated carbocycles. The number of methoxy groups -OCH3 is 2. The van der Waals surface area contributed by atoms with Crippen LogP contribution in [0.4, 0.5) is 0 Å². The molecule has 1 aromatic carbocycles. The highest BCUT2D eigenvalue weighted by molar-refractivity contribution is 6.00. The lowest BCUT2D eigenvalue weighted by atomic mass is 9.84. The van der Waals surface area contributed by atoms with E-state index >= 15 is 0 Å². The van der Waals surface area contributed by atoms with Crippen molar-refractivity contribution in [2.24, 2.45) is 0 Å². The summed E-state index contributed by atoms with van der Waals surface area (Å²) in [4.78, 5) is 24.0. The van der Waals surface area contributed by atoms with E-state index in [9.17, 15) is 9.59 Å². The highest BCUT2D eigenvalue weighted by Crippen LogP contribution is 2.36. The number of ketones is 1. The lowest BCUT2D eigenvalue weighted by Crippen LogP contribution is -2.45. The number of ether oxygens (including phenoxy) is 3. The second-order valence-corrected chi connectivity index (χ2v) is 4.39. The van der Waals surface area contributed by atoms with Crippen LogP contribution in [0.25, 0.3) is 0 Å². The topological polar surface area (TPSA) is 61.8 Å². The molecule has 0 radical (unpaired) electrons. The molecule has 1 aliphatic rings. The minimum Gasteiger partial charge on any atom is -0.469 e. The molecule has 0 amide bonds. The zero-order chi connectivity index (χ0) is 14.6. The maximum atomic E-state index is 12.4. The van der Waals surface area contributed by atoms with E-state index < -0.39 is 17.9 Å². The summed E-state index contributed by atoms with van der Waals surface area (Å²) in [6.45, 7) is 0. The average Bonchev–Trinajstić information content (AvgIpc) is 2.50. The van der Waals surface area contributed by atoms with E-state index in [1.54, 1.807) is 24.3 Å². The first-order valence-corrected chi connectivity index (χ1v) is 6.18. The van der Waals surface area contributed by atoms with Crippen LogP contribution in [0, 0.1) is 0 Å². The van der Waals surface area contributed by atoms with Gasteiger partial charge in [-0.2, -0.15) is 0 Å². The van der Waals surface area contributed by atoms with Crippen LogP contribution in [0.15, 0.2) is 42.5 Å². The first-order valence-electron chi connectivity index (χ1n) is 6.18. The largest absolute Gasteiger partial charge is 0.469 e. The van der Waals surface area contributed by atoms with Crippen molar-refractivity contribution in [3.63, 3.8) is 0 Å². The molecule has 1 heterocycles. The van der Waals surface area contributed by atoms with Gasteiger partial charge in [0.1, 0.15) is 0 Å². The van der Waals surface area contributed by atoms with Gasteiger partial charge in [0.15, 0.2) is 17.7 Å². The highest BCUT2D eigenvalue weighted by Gasteiger charge is 2.46. The minimum atomic E-state index is -1.40. The van der Waals surface area contributed by atoms with Gasteiger partial charge in [0.2, 0.25) is 0 Å². The molecule has 0 fully saturated rings. The summed E-state index contributed by atoms with van der Waals surface area (Å²) in [6.07, 6.45) is 2.02. The Morgan fingerprint density at radius 3 is 2.60 bits per heavy atom. The van der Waals surface area contributed by atoms with Crippen molar-refractivity contribution in [2.75, 3.05) is 14.2 Å². The second kappa shape index (κ2) is 5.98. The standard InChI is InChI=1S/C15H16O5/c1-18-13(17)10-15(11-6-4-3-5-7-11)12(16)8-9-14(19-2)20-15/h3-9,14H,10H2,1-2H3/t14-,15-/m1/s1. The number of carbonyl (C=O) groups excluding carboxylic acids is 2. The molecule has 0 saturated heterocycles. The van der Waals surface area contributed by atoms with Gasteiger partial charge in [-0.3, -0.25) is 9.59 Å². The summed E-state index contributed by atoms with van der Waals surface area (Å²) < 4.78 is 15.5. The van der Waals surface area contributed by atoms with Crippen molar-refractivity contribution in [1.82, 2.24) is 0 Å². The van der Waals surface area contributed by atoms with Gasteiger partial charge in [-0.05, 0) is 17.7 Å². The third-order valence-electron chi connectivity index (χ3n) is 3.21. The van der Waals surface area contributed by atoms with Crippen molar-refractivity contribution >= 4 is 11.8 Å². The summed E-state index contributed by atoms with van der Waals surface area (Å²) in [5.74, 6) is -0.824. The third-order valence-corrected chi connectivity index (χ3v) is 3.21. The molecule has 106 valence electrons. The van der Waals surface area contributed by atoms with Crippen molar-refractivity contribution in [3.8, 4) is 0 Å². The van der Waals surface area contributed by atoms with E-state index in [4.69, 9.17) is 9.47 Å². The van der Waals surface area contributed by atoms with E-state index in [0.29, 0.717) is 5.56 Å². The predicted octanol–water partition coefficient (Wildman–Crippen LogP) is 1.57. The maximum Gasteiger partial charge on any atom is 0.309 e. The van der Waals surface area contributed by atoms with E-state index in [1.807, 2.05) is 6.07 Å². The lowest BCUT2D eigenvalue weighted by molar-refractivity contribution is -0.197. The van der Waals surface area contributed by atoms with Gasteiger partial charge < -0.3 is 14.2 Å². The van der Waals surface area contributed by atoms with Crippen molar-refractivity contribution in [3.05, 3.63) is 48.0 Å². The molecule has 0 spiro atoms. The van der Waals surface area contributed by atoms with Crippen LogP contribution in [-0.4, -0.2) is 32.3 Å². The molecule has 5 nitrogen and oxygen atoms in total. The number of hydrogen-bond acceptors (Lipinski definition) is 5. The Morgan fingerprint density at radius 2 is 2.00 bits per heavy atom. The average molecular weight is 276 g/mol. The van der Waals surface area contributed by atoms with Crippen LogP contribution in [-0.2, 0) is 29.4 Å². The zero-order valence-corrected chi connectivity index (χ0v) is 11.4. The third kappa shape index (κ3) is 2.64. The number of hydrogen-bond donors (Lipinski definition) is 0. The van der Waals surface area contributed by atoms with Crippen LogP contribution in [0.3, 0.4) is 0 Å². The molecule has 20 heavy (non-hydrogen) atoms. The fraction of sp³-hybridized carbons (Fsp3) is 0.333. The van der Waals surface area contributed by atoms with Gasteiger partial charge in [-0.25, -0.2) is 0 Å². The summed E-state index contributed by atoms with van der Waals surface area (Å²) in [6, 6.07) is 8.88. The first kappa shape index (κ1) is 14.4. The first-order chi connectivity index (χ1) is 9.62. The van der Waals surface area contributed by atoms with E-state index in [2.05, 4.69) is 4.74 Å². The summed E-state index contributed by atoms with van der Waals surface area (Å²) in [7, 11) is 2.75. The minimum absolute atomic E-state index is 0.198. The fourth-order valence-corrected chi connectivity index (χ4v) is 2.15. The number of carbonyl (C=O) groups is 2. The van der Waals surface area contributed by atoms with Gasteiger partial charge in [0.05, 0.1) is 13.5 Å². The Bertz CT molecular complexity index is 522. The van der Waals surface area contributed by atoms with Gasteiger partial charge in [0, 0.05) is 7.11 Å². The lowest BCUT2D eigenvalue weighted by Gasteiger charge is -2.36. The van der Waals surface area contributed by atoms with Crippen LogP contribution in [0.1, 0.15) is 12.0 Å². The Hall–Kier alpha value is -1.98. The predicted molar refractivity (Wildman–Crippen MR) is 70.8 cm³/mol. The quantitative estimate of drug-likeness (QED) is 0.781. The van der Waals surface area contributed by atoms with Gasteiger partial charge >= 0.3 is 5.97 Å². The smallest absolute Gasteiger partial charge is 0.309 e. The Morgan fingerprint density at radius 1 is 1.30 bits per heavy atom.